The average Bonchev–Trinajstić information content (AvgIpc) is 3.61. The van der Waals surface area contributed by atoms with Crippen LogP contribution in [0.25, 0.3) is 16.6 Å². The molecule has 37 heavy (non-hydrogen) atoms. The lowest BCUT2D eigenvalue weighted by Gasteiger charge is -2.17. The van der Waals surface area contributed by atoms with Crippen molar-refractivity contribution in [3.8, 4) is 0 Å². The predicted octanol–water partition coefficient (Wildman–Crippen LogP) is 3.82. The van der Waals surface area contributed by atoms with Gasteiger partial charge in [0.1, 0.15) is 11.3 Å². The summed E-state index contributed by atoms with van der Waals surface area (Å²) in [5.41, 5.74) is 6.65. The fourth-order valence-corrected chi connectivity index (χ4v) is 5.12. The van der Waals surface area contributed by atoms with E-state index in [9.17, 15) is 9.90 Å². The summed E-state index contributed by atoms with van der Waals surface area (Å²) >= 11 is 0. The molecule has 5 aromatic rings. The maximum absolute atomic E-state index is 13.4. The molecule has 0 spiro atoms. The lowest BCUT2D eigenvalue weighted by Crippen LogP contribution is -2.21. The average molecular weight is 496 g/mol. The summed E-state index contributed by atoms with van der Waals surface area (Å²) in [5, 5.41) is 18.8. The molecule has 1 aliphatic rings. The van der Waals surface area contributed by atoms with E-state index in [-0.39, 0.29) is 12.0 Å². The van der Waals surface area contributed by atoms with Gasteiger partial charge < -0.3 is 15.3 Å². The van der Waals surface area contributed by atoms with E-state index in [1.807, 2.05) is 66.3 Å². The standard InChI is InChI=1S/C28H29N7O2/c1-3-22-27-23(8-5-9-24(27)35(32-22)16-19-7-4-6-18(2)30-19)31-28(37)25-15-29-26-14-20(10-13-34(25)26)33-12-11-21(36)17-33/h4-10,13-15,21,36H,3,11-12,16-17H2,1-2H3,(H,31,37). The number of hydrogen-bond acceptors (Lipinski definition) is 6. The number of pyridine rings is 2. The maximum atomic E-state index is 13.4. The van der Waals surface area contributed by atoms with Crippen LogP contribution in [0.1, 0.15) is 40.9 Å². The minimum Gasteiger partial charge on any atom is -0.391 e. The van der Waals surface area contributed by atoms with Crippen LogP contribution < -0.4 is 10.2 Å². The summed E-state index contributed by atoms with van der Waals surface area (Å²) in [6, 6.07) is 15.8. The minimum absolute atomic E-state index is 0.237. The molecule has 5 heterocycles. The Balaban J connectivity index is 1.30. The first kappa shape index (κ1) is 23.2. The number of fused-ring (bicyclic) bond motifs is 2. The van der Waals surface area contributed by atoms with Gasteiger partial charge in [0.25, 0.3) is 5.91 Å². The predicted molar refractivity (Wildman–Crippen MR) is 143 cm³/mol. The van der Waals surface area contributed by atoms with E-state index >= 15 is 0 Å². The number of anilines is 2. The van der Waals surface area contributed by atoms with Crippen molar-refractivity contribution in [2.45, 2.75) is 39.3 Å². The van der Waals surface area contributed by atoms with Crippen LogP contribution in [-0.2, 0) is 13.0 Å². The van der Waals surface area contributed by atoms with Gasteiger partial charge in [-0.05, 0) is 50.1 Å². The highest BCUT2D eigenvalue weighted by Crippen LogP contribution is 2.29. The SMILES string of the molecule is CCc1nn(Cc2cccc(C)n2)c2cccc(NC(=O)c3cnc4cc(N5CCC(O)C5)ccn34)c12. The third kappa shape index (κ3) is 4.31. The van der Waals surface area contributed by atoms with E-state index in [4.69, 9.17) is 5.10 Å². The smallest absolute Gasteiger partial charge is 0.274 e. The van der Waals surface area contributed by atoms with Gasteiger partial charge in [-0.1, -0.05) is 19.1 Å². The molecule has 1 amide bonds. The van der Waals surface area contributed by atoms with Gasteiger partial charge in [0.2, 0.25) is 0 Å². The third-order valence-electron chi connectivity index (χ3n) is 6.95. The van der Waals surface area contributed by atoms with Gasteiger partial charge in [-0.15, -0.1) is 0 Å². The summed E-state index contributed by atoms with van der Waals surface area (Å²) in [5.74, 6) is -0.237. The van der Waals surface area contributed by atoms with E-state index in [1.165, 1.54) is 0 Å². The Morgan fingerprint density at radius 3 is 2.84 bits per heavy atom. The van der Waals surface area contributed by atoms with Crippen LogP contribution in [0.2, 0.25) is 0 Å². The second-order valence-electron chi connectivity index (χ2n) is 9.53. The zero-order valence-corrected chi connectivity index (χ0v) is 20.9. The van der Waals surface area contributed by atoms with Crippen molar-refractivity contribution in [1.29, 1.82) is 0 Å². The zero-order chi connectivity index (χ0) is 25.5. The molecule has 2 N–H and O–H groups in total. The Bertz CT molecular complexity index is 1620. The van der Waals surface area contributed by atoms with Gasteiger partial charge >= 0.3 is 0 Å². The number of carbonyl (C=O) groups excluding carboxylic acids is 1. The number of benzene rings is 1. The van der Waals surface area contributed by atoms with Crippen molar-refractivity contribution in [3.63, 3.8) is 0 Å². The summed E-state index contributed by atoms with van der Waals surface area (Å²) in [7, 11) is 0. The number of carbonyl (C=O) groups is 1. The highest BCUT2D eigenvalue weighted by molar-refractivity contribution is 6.08. The Morgan fingerprint density at radius 2 is 2.05 bits per heavy atom. The normalized spacial score (nSPS) is 15.6. The van der Waals surface area contributed by atoms with Crippen molar-refractivity contribution in [3.05, 3.63) is 83.7 Å². The van der Waals surface area contributed by atoms with Gasteiger partial charge in [-0.3, -0.25) is 18.9 Å². The van der Waals surface area contributed by atoms with Crippen molar-refractivity contribution >= 4 is 33.8 Å². The van der Waals surface area contributed by atoms with Gasteiger partial charge in [0.15, 0.2) is 0 Å². The quantitative estimate of drug-likeness (QED) is 0.371. The number of aliphatic hydroxyl groups excluding tert-OH is 1. The molecule has 0 saturated carbocycles. The highest BCUT2D eigenvalue weighted by Gasteiger charge is 2.22. The Kier molecular flexibility index (Phi) is 5.84. The zero-order valence-electron chi connectivity index (χ0n) is 20.9. The molecule has 6 rings (SSSR count). The fourth-order valence-electron chi connectivity index (χ4n) is 5.12. The topological polar surface area (TPSA) is 101 Å². The highest BCUT2D eigenvalue weighted by atomic mass is 16.3. The third-order valence-corrected chi connectivity index (χ3v) is 6.95. The van der Waals surface area contributed by atoms with Gasteiger partial charge in [-0.2, -0.15) is 5.10 Å². The van der Waals surface area contributed by atoms with Crippen molar-refractivity contribution in [1.82, 2.24) is 24.1 Å². The number of β-amino-alcohol motifs (C(OH)–C–C–N with tert-alkyl or cyclic N) is 1. The Morgan fingerprint density at radius 1 is 1.19 bits per heavy atom. The molecule has 1 saturated heterocycles. The number of aryl methyl sites for hydroxylation is 2. The molecular weight excluding hydrogens is 466 g/mol. The van der Waals surface area contributed by atoms with Crippen LogP contribution in [-0.4, -0.2) is 54.4 Å². The monoisotopic (exact) mass is 495 g/mol. The fraction of sp³-hybridized carbons (Fsp3) is 0.286. The van der Waals surface area contributed by atoms with Crippen LogP contribution in [0, 0.1) is 6.92 Å². The molecule has 1 unspecified atom stereocenters. The Labute approximate surface area is 214 Å². The number of aliphatic hydroxyl groups is 1. The summed E-state index contributed by atoms with van der Waals surface area (Å²) in [6.07, 6.45) is 4.66. The molecule has 1 atom stereocenters. The molecule has 188 valence electrons. The van der Waals surface area contributed by atoms with E-state index in [0.29, 0.717) is 24.4 Å². The first-order valence-corrected chi connectivity index (χ1v) is 12.6. The largest absolute Gasteiger partial charge is 0.391 e. The van der Waals surface area contributed by atoms with E-state index in [0.717, 1.165) is 58.7 Å². The molecule has 0 radical (unpaired) electrons. The van der Waals surface area contributed by atoms with Crippen LogP contribution in [0.5, 0.6) is 0 Å². The lowest BCUT2D eigenvalue weighted by molar-refractivity contribution is 0.102. The second kappa shape index (κ2) is 9.33. The van der Waals surface area contributed by atoms with E-state index in [2.05, 4.69) is 27.1 Å². The molecule has 9 heteroatoms. The Hall–Kier alpha value is -4.24. The number of amides is 1. The molecule has 1 aromatic carbocycles. The molecule has 4 aromatic heterocycles. The van der Waals surface area contributed by atoms with Gasteiger partial charge in [-0.25, -0.2) is 4.98 Å². The van der Waals surface area contributed by atoms with E-state index < -0.39 is 0 Å². The van der Waals surface area contributed by atoms with Crippen LogP contribution in [0.3, 0.4) is 0 Å². The maximum Gasteiger partial charge on any atom is 0.274 e. The first-order valence-electron chi connectivity index (χ1n) is 12.6. The van der Waals surface area contributed by atoms with Crippen LogP contribution >= 0.6 is 0 Å². The van der Waals surface area contributed by atoms with Crippen LogP contribution in [0.15, 0.2) is 60.9 Å². The van der Waals surface area contributed by atoms with Crippen molar-refractivity contribution in [2.24, 2.45) is 0 Å². The van der Waals surface area contributed by atoms with Gasteiger partial charge in [0, 0.05) is 42.1 Å². The first-order chi connectivity index (χ1) is 18.0. The molecule has 1 fully saturated rings. The number of nitrogens with one attached hydrogen (secondary N) is 1. The summed E-state index contributed by atoms with van der Waals surface area (Å²) in [4.78, 5) is 24.6. The minimum atomic E-state index is -0.301. The van der Waals surface area contributed by atoms with Crippen LogP contribution in [0.4, 0.5) is 11.4 Å². The van der Waals surface area contributed by atoms with Crippen molar-refractivity contribution in [2.75, 3.05) is 23.3 Å². The molecule has 0 bridgehead atoms. The molecule has 1 aliphatic heterocycles. The van der Waals surface area contributed by atoms with E-state index in [1.54, 1.807) is 10.6 Å². The van der Waals surface area contributed by atoms with Gasteiger partial charge in [0.05, 0.1) is 41.4 Å². The summed E-state index contributed by atoms with van der Waals surface area (Å²) < 4.78 is 3.75. The molecular formula is C28H29N7O2. The summed E-state index contributed by atoms with van der Waals surface area (Å²) in [6.45, 7) is 6.02. The number of hydrogen-bond donors (Lipinski definition) is 2. The number of rotatable bonds is 6. The van der Waals surface area contributed by atoms with Crippen molar-refractivity contribution < 1.29 is 9.90 Å². The number of aromatic nitrogens is 5. The lowest BCUT2D eigenvalue weighted by atomic mass is 10.1. The molecule has 9 nitrogen and oxygen atoms in total. The second-order valence-corrected chi connectivity index (χ2v) is 9.53. The number of imidazole rings is 1. The number of nitrogens with zero attached hydrogens (tertiary/aromatic N) is 6. The molecule has 0 aliphatic carbocycles.